The van der Waals surface area contributed by atoms with Gasteiger partial charge in [0.1, 0.15) is 12.0 Å². The molecule has 1 aliphatic heterocycles. The molecule has 2 aromatic carbocycles. The average Bonchev–Trinajstić information content (AvgIpc) is 3.35. The third-order valence-corrected chi connectivity index (χ3v) is 5.56. The molecule has 6 nitrogen and oxygen atoms in total. The highest BCUT2D eigenvalue weighted by Gasteiger charge is 2.47. The van der Waals surface area contributed by atoms with Crippen molar-refractivity contribution in [2.75, 3.05) is 4.90 Å². The molecule has 4 rings (SSSR count). The third-order valence-electron chi connectivity index (χ3n) is 5.21. The van der Waals surface area contributed by atoms with Crippen LogP contribution >= 0.6 is 11.6 Å². The van der Waals surface area contributed by atoms with Crippen molar-refractivity contribution >= 4 is 29.0 Å². The van der Waals surface area contributed by atoms with Crippen LogP contribution in [0.5, 0.6) is 0 Å². The van der Waals surface area contributed by atoms with Crippen LogP contribution in [0.3, 0.4) is 0 Å². The Labute approximate surface area is 184 Å². The number of halogens is 1. The van der Waals surface area contributed by atoms with E-state index in [1.54, 1.807) is 75.4 Å². The summed E-state index contributed by atoms with van der Waals surface area (Å²) in [6.45, 7) is 5.25. The van der Waals surface area contributed by atoms with Gasteiger partial charge in [0.15, 0.2) is 11.5 Å². The van der Waals surface area contributed by atoms with Crippen LogP contribution in [0.15, 0.2) is 76.7 Å². The summed E-state index contributed by atoms with van der Waals surface area (Å²) in [5.74, 6) is -1.51. The summed E-state index contributed by atoms with van der Waals surface area (Å²) in [4.78, 5) is 27.8. The molecule has 0 saturated heterocycles. The van der Waals surface area contributed by atoms with Gasteiger partial charge in [-0.15, -0.1) is 0 Å². The molecule has 0 spiro atoms. The van der Waals surface area contributed by atoms with Gasteiger partial charge in [-0.05, 0) is 23.8 Å². The molecule has 31 heavy (non-hydrogen) atoms. The highest BCUT2D eigenvalue weighted by atomic mass is 35.5. The molecule has 0 fully saturated rings. The van der Waals surface area contributed by atoms with Gasteiger partial charge in [0.2, 0.25) is 0 Å². The van der Waals surface area contributed by atoms with Crippen molar-refractivity contribution < 1.29 is 19.2 Å². The van der Waals surface area contributed by atoms with Crippen LogP contribution in [0.1, 0.15) is 32.4 Å². The number of aliphatic hydroxyl groups excluding tert-OH is 1. The number of aromatic nitrogens is 1. The summed E-state index contributed by atoms with van der Waals surface area (Å²) in [6, 6.07) is 15.0. The van der Waals surface area contributed by atoms with Gasteiger partial charge in [0, 0.05) is 27.8 Å². The molecule has 0 aliphatic carbocycles. The molecular formula is C24H21ClN2O4. The Bertz CT molecular complexity index is 1180. The molecule has 3 aromatic rings. The van der Waals surface area contributed by atoms with Crippen molar-refractivity contribution in [3.63, 3.8) is 0 Å². The molecule has 1 amide bonds. The number of carbonyl (C=O) groups is 2. The number of aliphatic hydroxyl groups is 1. The van der Waals surface area contributed by atoms with E-state index in [4.69, 9.17) is 16.1 Å². The van der Waals surface area contributed by atoms with Gasteiger partial charge in [-0.2, -0.15) is 0 Å². The Morgan fingerprint density at radius 3 is 2.35 bits per heavy atom. The van der Waals surface area contributed by atoms with E-state index in [1.807, 2.05) is 0 Å². The van der Waals surface area contributed by atoms with E-state index in [0.717, 1.165) is 5.56 Å². The number of carbonyl (C=O) groups excluding carboxylic acids is 2. The lowest BCUT2D eigenvalue weighted by Crippen LogP contribution is -2.33. The fourth-order valence-electron chi connectivity index (χ4n) is 3.65. The van der Waals surface area contributed by atoms with Crippen molar-refractivity contribution in [3.8, 4) is 11.3 Å². The highest BCUT2D eigenvalue weighted by molar-refractivity contribution is 6.32. The second kappa shape index (κ2) is 7.71. The predicted octanol–water partition coefficient (Wildman–Crippen LogP) is 5.51. The molecule has 0 radical (unpaired) electrons. The fraction of sp³-hybridized carbons (Fsp3) is 0.208. The zero-order chi connectivity index (χ0) is 22.3. The Morgan fingerprint density at radius 1 is 1.10 bits per heavy atom. The number of rotatable bonds is 4. The van der Waals surface area contributed by atoms with Crippen molar-refractivity contribution in [1.82, 2.24) is 5.16 Å². The first-order chi connectivity index (χ1) is 14.7. The Kier molecular flexibility index (Phi) is 5.19. The lowest BCUT2D eigenvalue weighted by Gasteiger charge is -2.29. The second-order valence-electron chi connectivity index (χ2n) is 8.37. The van der Waals surface area contributed by atoms with E-state index in [0.29, 0.717) is 22.0 Å². The summed E-state index contributed by atoms with van der Waals surface area (Å²) in [5, 5.41) is 15.1. The molecule has 2 heterocycles. The minimum Gasteiger partial charge on any atom is -0.503 e. The molecule has 1 aliphatic rings. The highest BCUT2D eigenvalue weighted by Crippen LogP contribution is 2.45. The SMILES string of the molecule is CC(C)(C)C(=O)C1=C(O)C(=O)N(c2ccc(-c3ccon3)cc2)C1c1ccccc1Cl. The average molecular weight is 437 g/mol. The summed E-state index contributed by atoms with van der Waals surface area (Å²) < 4.78 is 4.88. The van der Waals surface area contributed by atoms with Crippen molar-refractivity contribution in [1.29, 1.82) is 0 Å². The summed E-state index contributed by atoms with van der Waals surface area (Å²) in [7, 11) is 0. The van der Waals surface area contributed by atoms with Crippen molar-refractivity contribution in [3.05, 3.63) is 82.8 Å². The maximum absolute atomic E-state index is 13.2. The molecule has 158 valence electrons. The van der Waals surface area contributed by atoms with E-state index >= 15 is 0 Å². The summed E-state index contributed by atoms with van der Waals surface area (Å²) in [5.41, 5.74) is 1.80. The van der Waals surface area contributed by atoms with E-state index in [2.05, 4.69) is 5.16 Å². The third kappa shape index (κ3) is 3.64. The van der Waals surface area contributed by atoms with Gasteiger partial charge in [-0.3, -0.25) is 14.5 Å². The van der Waals surface area contributed by atoms with Gasteiger partial charge in [0.05, 0.1) is 11.6 Å². The zero-order valence-electron chi connectivity index (χ0n) is 17.3. The van der Waals surface area contributed by atoms with Gasteiger partial charge < -0.3 is 9.63 Å². The minimum atomic E-state index is -0.842. The van der Waals surface area contributed by atoms with Gasteiger partial charge in [-0.25, -0.2) is 0 Å². The van der Waals surface area contributed by atoms with Crippen molar-refractivity contribution in [2.45, 2.75) is 26.8 Å². The van der Waals surface area contributed by atoms with Crippen LogP contribution < -0.4 is 4.90 Å². The number of ketones is 1. The number of hydrogen-bond acceptors (Lipinski definition) is 5. The van der Waals surface area contributed by atoms with E-state index < -0.39 is 23.1 Å². The van der Waals surface area contributed by atoms with Gasteiger partial charge in [-0.1, -0.05) is 67.9 Å². The molecule has 1 unspecified atom stereocenters. The largest absolute Gasteiger partial charge is 0.503 e. The van der Waals surface area contributed by atoms with Crippen molar-refractivity contribution in [2.24, 2.45) is 5.41 Å². The standard InChI is InChI=1S/C24H21ClN2O4/c1-24(2,3)22(29)19-20(16-6-4-5-7-17(16)25)27(23(30)21(19)28)15-10-8-14(9-11-15)18-12-13-31-26-18/h4-13,20,28H,1-3H3. The Morgan fingerprint density at radius 2 is 1.77 bits per heavy atom. The summed E-state index contributed by atoms with van der Waals surface area (Å²) in [6.07, 6.45) is 1.48. The smallest absolute Gasteiger partial charge is 0.294 e. The normalized spacial score (nSPS) is 16.8. The number of amides is 1. The summed E-state index contributed by atoms with van der Waals surface area (Å²) >= 11 is 6.46. The van der Waals surface area contributed by atoms with E-state index in [9.17, 15) is 14.7 Å². The molecule has 1 atom stereocenters. The topological polar surface area (TPSA) is 83.6 Å². The maximum atomic E-state index is 13.2. The number of anilines is 1. The number of Topliss-reactive ketones (excluding diaryl/α,β-unsaturated/α-hetero) is 1. The van der Waals surface area contributed by atoms with Crippen LogP contribution in [0.2, 0.25) is 5.02 Å². The monoisotopic (exact) mass is 436 g/mol. The quantitative estimate of drug-likeness (QED) is 0.583. The molecule has 1 aromatic heterocycles. The van der Waals surface area contributed by atoms with Gasteiger partial charge >= 0.3 is 0 Å². The van der Waals surface area contributed by atoms with Crippen LogP contribution in [0.25, 0.3) is 11.3 Å². The van der Waals surface area contributed by atoms with E-state index in [1.165, 1.54) is 11.2 Å². The fourth-order valence-corrected chi connectivity index (χ4v) is 3.89. The van der Waals surface area contributed by atoms with E-state index in [-0.39, 0.29) is 11.4 Å². The number of nitrogens with zero attached hydrogens (tertiary/aromatic N) is 2. The maximum Gasteiger partial charge on any atom is 0.294 e. The first-order valence-corrected chi connectivity index (χ1v) is 10.1. The predicted molar refractivity (Wildman–Crippen MR) is 118 cm³/mol. The lowest BCUT2D eigenvalue weighted by atomic mass is 9.82. The molecule has 7 heteroatoms. The number of hydrogen-bond donors (Lipinski definition) is 1. The molecular weight excluding hydrogens is 416 g/mol. The van der Waals surface area contributed by atoms with Crippen LogP contribution in [0.4, 0.5) is 5.69 Å². The molecule has 0 bridgehead atoms. The van der Waals surface area contributed by atoms with Crippen LogP contribution in [0, 0.1) is 5.41 Å². The van der Waals surface area contributed by atoms with Crippen LogP contribution in [-0.4, -0.2) is 22.0 Å². The van der Waals surface area contributed by atoms with Gasteiger partial charge in [0.25, 0.3) is 5.91 Å². The second-order valence-corrected chi connectivity index (χ2v) is 8.78. The molecule has 0 saturated carbocycles. The molecule has 1 N–H and O–H groups in total. The first kappa shape index (κ1) is 20.9. The van der Waals surface area contributed by atoms with Crippen LogP contribution in [-0.2, 0) is 9.59 Å². The zero-order valence-corrected chi connectivity index (χ0v) is 18.1. The Hall–Kier alpha value is -3.38. The number of benzene rings is 2. The Balaban J connectivity index is 1.84. The lowest BCUT2D eigenvalue weighted by molar-refractivity contribution is -0.123. The first-order valence-electron chi connectivity index (χ1n) is 9.77. The minimum absolute atomic E-state index is 0.0474.